The third kappa shape index (κ3) is 6.37. The zero-order valence-corrected chi connectivity index (χ0v) is 15.5. The van der Waals surface area contributed by atoms with Gasteiger partial charge in [-0.05, 0) is 5.56 Å². The molecule has 0 aliphatic carbocycles. The molecule has 0 aliphatic heterocycles. The maximum absolute atomic E-state index is 11.9. The van der Waals surface area contributed by atoms with Crippen LogP contribution in [-0.2, 0) is 39.8 Å². The minimum Gasteiger partial charge on any atom is -0.467 e. The molecule has 0 N–H and O–H groups in total. The third-order valence-electron chi connectivity index (χ3n) is 3.92. The largest absolute Gasteiger partial charge is 0.467 e. The molecule has 0 aliphatic rings. The zero-order chi connectivity index (χ0) is 18.7. The summed E-state index contributed by atoms with van der Waals surface area (Å²) in [5, 5.41) is 0. The highest BCUT2D eigenvalue weighted by atomic mass is 16.6. The SMILES string of the molecule is COC(=O)[C@H](OC)[C@@H](OC)[C@H](OC)[C@@H](COCc1ccccc1)OC. The Morgan fingerprint density at radius 2 is 1.52 bits per heavy atom. The van der Waals surface area contributed by atoms with Crippen LogP contribution in [0.15, 0.2) is 30.3 Å². The van der Waals surface area contributed by atoms with E-state index in [0.717, 1.165) is 5.56 Å². The molecule has 0 aromatic heterocycles. The predicted molar refractivity (Wildman–Crippen MR) is 91.3 cm³/mol. The second-order valence-electron chi connectivity index (χ2n) is 5.35. The fraction of sp³-hybridized carbons (Fsp3) is 0.611. The maximum Gasteiger partial charge on any atom is 0.337 e. The predicted octanol–water partition coefficient (Wildman–Crippen LogP) is 1.44. The van der Waals surface area contributed by atoms with Crippen molar-refractivity contribution in [1.82, 2.24) is 0 Å². The van der Waals surface area contributed by atoms with Gasteiger partial charge < -0.3 is 28.4 Å². The summed E-state index contributed by atoms with van der Waals surface area (Å²) in [4.78, 5) is 11.9. The number of esters is 1. The highest BCUT2D eigenvalue weighted by Gasteiger charge is 2.40. The summed E-state index contributed by atoms with van der Waals surface area (Å²) in [6.07, 6.45) is -2.70. The Hall–Kier alpha value is -1.51. The topological polar surface area (TPSA) is 72.5 Å². The highest BCUT2D eigenvalue weighted by molar-refractivity contribution is 5.75. The molecule has 0 unspecified atom stereocenters. The third-order valence-corrected chi connectivity index (χ3v) is 3.92. The Bertz CT molecular complexity index is 480. The van der Waals surface area contributed by atoms with E-state index >= 15 is 0 Å². The van der Waals surface area contributed by atoms with Gasteiger partial charge in [-0.3, -0.25) is 0 Å². The lowest BCUT2D eigenvalue weighted by Gasteiger charge is -2.33. The van der Waals surface area contributed by atoms with E-state index in [9.17, 15) is 4.79 Å². The lowest BCUT2D eigenvalue weighted by Crippen LogP contribution is -2.52. The second-order valence-corrected chi connectivity index (χ2v) is 5.35. The average molecular weight is 356 g/mol. The molecular weight excluding hydrogens is 328 g/mol. The molecule has 0 bridgehead atoms. The van der Waals surface area contributed by atoms with Crippen LogP contribution in [0.2, 0.25) is 0 Å². The van der Waals surface area contributed by atoms with E-state index in [1.165, 1.54) is 28.4 Å². The summed E-state index contributed by atoms with van der Waals surface area (Å²) in [5.41, 5.74) is 1.05. The van der Waals surface area contributed by atoms with Gasteiger partial charge in [0.1, 0.15) is 18.3 Å². The van der Waals surface area contributed by atoms with Gasteiger partial charge in [0.2, 0.25) is 0 Å². The van der Waals surface area contributed by atoms with E-state index < -0.39 is 30.4 Å². The molecule has 25 heavy (non-hydrogen) atoms. The summed E-state index contributed by atoms with van der Waals surface area (Å²) < 4.78 is 32.2. The number of hydrogen-bond donors (Lipinski definition) is 0. The Kier molecular flexibility index (Phi) is 10.3. The van der Waals surface area contributed by atoms with Crippen molar-refractivity contribution in [1.29, 1.82) is 0 Å². The van der Waals surface area contributed by atoms with Gasteiger partial charge in [-0.2, -0.15) is 0 Å². The molecule has 0 spiro atoms. The van der Waals surface area contributed by atoms with Crippen molar-refractivity contribution in [2.75, 3.05) is 42.2 Å². The molecule has 7 heteroatoms. The van der Waals surface area contributed by atoms with Crippen LogP contribution in [-0.4, -0.2) is 72.5 Å². The van der Waals surface area contributed by atoms with Crippen LogP contribution in [0, 0.1) is 0 Å². The van der Waals surface area contributed by atoms with Crippen LogP contribution in [0.1, 0.15) is 5.56 Å². The number of hydrogen-bond acceptors (Lipinski definition) is 7. The molecule has 0 amide bonds. The van der Waals surface area contributed by atoms with Gasteiger partial charge in [-0.1, -0.05) is 30.3 Å². The number of carbonyl (C=O) groups is 1. The van der Waals surface area contributed by atoms with Crippen LogP contribution in [0.3, 0.4) is 0 Å². The van der Waals surface area contributed by atoms with Gasteiger partial charge in [-0.15, -0.1) is 0 Å². The van der Waals surface area contributed by atoms with E-state index in [-0.39, 0.29) is 6.61 Å². The second kappa shape index (κ2) is 11.9. The summed E-state index contributed by atoms with van der Waals surface area (Å²) in [6, 6.07) is 9.80. The lowest BCUT2D eigenvalue weighted by molar-refractivity contribution is -0.184. The first kappa shape index (κ1) is 21.5. The zero-order valence-electron chi connectivity index (χ0n) is 15.5. The molecule has 0 fully saturated rings. The molecule has 7 nitrogen and oxygen atoms in total. The number of ether oxygens (including phenoxy) is 6. The molecular formula is C18H28O7. The Balaban J connectivity index is 2.75. The lowest BCUT2D eigenvalue weighted by atomic mass is 10.0. The number of methoxy groups -OCH3 is 5. The van der Waals surface area contributed by atoms with Gasteiger partial charge in [0, 0.05) is 28.4 Å². The minimum absolute atomic E-state index is 0.265. The fourth-order valence-electron chi connectivity index (χ4n) is 2.57. The van der Waals surface area contributed by atoms with E-state index in [0.29, 0.717) is 6.61 Å². The molecule has 0 radical (unpaired) electrons. The highest BCUT2D eigenvalue weighted by Crippen LogP contribution is 2.18. The first-order valence-corrected chi connectivity index (χ1v) is 7.93. The molecule has 4 atom stereocenters. The first-order chi connectivity index (χ1) is 12.1. The van der Waals surface area contributed by atoms with Gasteiger partial charge in [0.05, 0.1) is 20.3 Å². The van der Waals surface area contributed by atoms with Crippen molar-refractivity contribution in [3.63, 3.8) is 0 Å². The average Bonchev–Trinajstić information content (AvgIpc) is 2.66. The fourth-order valence-corrected chi connectivity index (χ4v) is 2.57. The summed E-state index contributed by atoms with van der Waals surface area (Å²) in [5.74, 6) is -0.545. The van der Waals surface area contributed by atoms with Gasteiger partial charge in [0.25, 0.3) is 0 Å². The summed E-state index contributed by atoms with van der Waals surface area (Å²) >= 11 is 0. The van der Waals surface area contributed by atoms with E-state index in [1.54, 1.807) is 7.11 Å². The first-order valence-electron chi connectivity index (χ1n) is 7.93. The van der Waals surface area contributed by atoms with E-state index in [2.05, 4.69) is 0 Å². The van der Waals surface area contributed by atoms with Crippen LogP contribution in [0.25, 0.3) is 0 Å². The minimum atomic E-state index is -0.938. The smallest absolute Gasteiger partial charge is 0.337 e. The van der Waals surface area contributed by atoms with E-state index in [1.807, 2.05) is 30.3 Å². The van der Waals surface area contributed by atoms with Crippen molar-refractivity contribution >= 4 is 5.97 Å². The molecule has 0 heterocycles. The standard InChI is InChI=1S/C18H28O7/c1-20-14(12-25-11-13-9-7-6-8-10-13)15(21-2)16(22-3)17(23-4)18(19)24-5/h6-10,14-17H,11-12H2,1-5H3/t14-,15-,16+,17-/m1/s1. The number of carbonyl (C=O) groups excluding carboxylic acids is 1. The van der Waals surface area contributed by atoms with Gasteiger partial charge >= 0.3 is 5.97 Å². The molecule has 0 saturated carbocycles. The maximum atomic E-state index is 11.9. The Labute approximate surface area is 149 Å². The van der Waals surface area contributed by atoms with Crippen molar-refractivity contribution in [2.45, 2.75) is 31.0 Å². The van der Waals surface area contributed by atoms with Gasteiger partial charge in [-0.25, -0.2) is 4.79 Å². The summed E-state index contributed by atoms with van der Waals surface area (Å²) in [7, 11) is 7.25. The van der Waals surface area contributed by atoms with Crippen molar-refractivity contribution < 1.29 is 33.2 Å². The Morgan fingerprint density at radius 3 is 2.00 bits per heavy atom. The van der Waals surface area contributed by atoms with Crippen molar-refractivity contribution in [2.24, 2.45) is 0 Å². The Morgan fingerprint density at radius 1 is 0.880 bits per heavy atom. The molecule has 1 aromatic carbocycles. The van der Waals surface area contributed by atoms with Crippen LogP contribution < -0.4 is 0 Å². The monoisotopic (exact) mass is 356 g/mol. The molecule has 1 aromatic rings. The van der Waals surface area contributed by atoms with Crippen LogP contribution in [0.5, 0.6) is 0 Å². The molecule has 1 rings (SSSR count). The number of benzene rings is 1. The number of rotatable bonds is 12. The van der Waals surface area contributed by atoms with Crippen LogP contribution >= 0.6 is 0 Å². The normalized spacial score (nSPS) is 16.0. The quantitative estimate of drug-likeness (QED) is 0.525. The molecule has 142 valence electrons. The molecule has 0 saturated heterocycles. The van der Waals surface area contributed by atoms with Crippen molar-refractivity contribution in [3.05, 3.63) is 35.9 Å². The van der Waals surface area contributed by atoms with Crippen molar-refractivity contribution in [3.8, 4) is 0 Å². The van der Waals surface area contributed by atoms with Crippen LogP contribution in [0.4, 0.5) is 0 Å². The van der Waals surface area contributed by atoms with E-state index in [4.69, 9.17) is 28.4 Å². The summed E-state index contributed by atoms with van der Waals surface area (Å²) in [6.45, 7) is 0.709. The van der Waals surface area contributed by atoms with Gasteiger partial charge in [0.15, 0.2) is 6.10 Å².